The molecule has 1 N–H and O–H groups in total. The first kappa shape index (κ1) is 33.3. The number of carbonyl (C=O) groups is 2. The zero-order valence-corrected chi connectivity index (χ0v) is 25.4. The predicted molar refractivity (Wildman–Crippen MR) is 160 cm³/mol. The molecule has 3 aromatic carbocycles. The van der Waals surface area contributed by atoms with Crippen molar-refractivity contribution in [3.63, 3.8) is 0 Å². The summed E-state index contributed by atoms with van der Waals surface area (Å²) in [5.74, 6) is -1.81. The minimum absolute atomic E-state index is 0.0738. The molecule has 1 atom stereocenters. The molecule has 1 aliphatic carbocycles. The number of alkyl halides is 3. The Bertz CT molecular complexity index is 1560. The summed E-state index contributed by atoms with van der Waals surface area (Å²) >= 11 is 5.75. The average molecular weight is 654 g/mol. The SMILES string of the molecule is CS(=O)(=O)N(CC(=O)N(Cc1ccc(F)cc1)[C@H](Cc1ccccc1)C(=O)NC1CCCC1)c1ccc(Cl)c(C(F)(F)F)c1. The van der Waals surface area contributed by atoms with Crippen LogP contribution in [0.4, 0.5) is 23.2 Å². The highest BCUT2D eigenvalue weighted by Crippen LogP contribution is 2.37. The minimum atomic E-state index is -4.88. The third kappa shape index (κ3) is 8.72. The monoisotopic (exact) mass is 653 g/mol. The van der Waals surface area contributed by atoms with E-state index >= 15 is 0 Å². The maximum atomic E-state index is 14.1. The van der Waals surface area contributed by atoms with Gasteiger partial charge in [-0.1, -0.05) is 66.9 Å². The second-order valence-corrected chi connectivity index (χ2v) is 13.1. The van der Waals surface area contributed by atoms with E-state index in [2.05, 4.69) is 5.32 Å². The van der Waals surface area contributed by atoms with E-state index in [-0.39, 0.29) is 19.0 Å². The largest absolute Gasteiger partial charge is 0.417 e. The molecule has 1 saturated carbocycles. The molecule has 236 valence electrons. The van der Waals surface area contributed by atoms with Crippen molar-refractivity contribution in [2.24, 2.45) is 0 Å². The molecule has 4 rings (SSSR count). The van der Waals surface area contributed by atoms with Crippen LogP contribution in [0.15, 0.2) is 72.8 Å². The van der Waals surface area contributed by atoms with Crippen molar-refractivity contribution in [3.05, 3.63) is 100 Å². The lowest BCUT2D eigenvalue weighted by Crippen LogP contribution is -2.54. The molecule has 0 aromatic heterocycles. The molecule has 1 aliphatic rings. The Hall–Kier alpha value is -3.64. The summed E-state index contributed by atoms with van der Waals surface area (Å²) < 4.78 is 80.9. The Labute approximate surface area is 258 Å². The molecule has 0 aliphatic heterocycles. The van der Waals surface area contributed by atoms with E-state index in [9.17, 15) is 35.6 Å². The van der Waals surface area contributed by atoms with Crippen LogP contribution in [0.2, 0.25) is 5.02 Å². The Balaban J connectivity index is 1.75. The Morgan fingerprint density at radius 1 is 0.977 bits per heavy atom. The van der Waals surface area contributed by atoms with Crippen LogP contribution >= 0.6 is 11.6 Å². The third-order valence-corrected chi connectivity index (χ3v) is 8.93. The molecular weight excluding hydrogens is 622 g/mol. The van der Waals surface area contributed by atoms with E-state index in [0.29, 0.717) is 15.9 Å². The lowest BCUT2D eigenvalue weighted by atomic mass is 10.0. The van der Waals surface area contributed by atoms with Gasteiger partial charge >= 0.3 is 6.18 Å². The number of hydrogen-bond acceptors (Lipinski definition) is 4. The van der Waals surface area contributed by atoms with Gasteiger partial charge in [-0.2, -0.15) is 13.2 Å². The van der Waals surface area contributed by atoms with Gasteiger partial charge in [-0.15, -0.1) is 0 Å². The number of benzene rings is 3. The number of carbonyl (C=O) groups excluding carboxylic acids is 2. The van der Waals surface area contributed by atoms with E-state index in [0.717, 1.165) is 49.6 Å². The molecule has 44 heavy (non-hydrogen) atoms. The van der Waals surface area contributed by atoms with E-state index in [1.807, 2.05) is 0 Å². The van der Waals surface area contributed by atoms with Crippen LogP contribution in [-0.4, -0.2) is 50.0 Å². The van der Waals surface area contributed by atoms with E-state index in [1.165, 1.54) is 29.2 Å². The van der Waals surface area contributed by atoms with Gasteiger partial charge in [0.2, 0.25) is 21.8 Å². The highest BCUT2D eigenvalue weighted by atomic mass is 35.5. The topological polar surface area (TPSA) is 86.8 Å². The summed E-state index contributed by atoms with van der Waals surface area (Å²) in [6, 6.07) is 15.5. The number of anilines is 1. The van der Waals surface area contributed by atoms with Gasteiger partial charge in [0.05, 0.1) is 22.5 Å². The molecule has 2 amide bonds. The summed E-state index contributed by atoms with van der Waals surface area (Å²) in [6.07, 6.45) is -0.613. The molecule has 0 bridgehead atoms. The summed E-state index contributed by atoms with van der Waals surface area (Å²) in [5.41, 5.74) is -0.500. The molecule has 7 nitrogen and oxygen atoms in total. The minimum Gasteiger partial charge on any atom is -0.352 e. The van der Waals surface area contributed by atoms with Gasteiger partial charge in [0.15, 0.2) is 0 Å². The molecule has 0 unspecified atom stereocenters. The van der Waals surface area contributed by atoms with Crippen molar-refractivity contribution in [3.8, 4) is 0 Å². The standard InChI is InChI=1S/C31H32ClF4N3O4S/c1-44(42,43)39(25-15-16-27(32)26(18-25)31(34,35)36)20-29(40)38(19-22-11-13-23(33)14-12-22)28(17-21-7-3-2-4-8-21)30(41)37-24-9-5-6-10-24/h2-4,7-8,11-16,18,24,28H,5-6,9-10,17,19-20H2,1H3,(H,37,41)/t28-/m1/s1. The van der Waals surface area contributed by atoms with Crippen molar-refractivity contribution >= 4 is 39.1 Å². The molecule has 0 spiro atoms. The van der Waals surface area contributed by atoms with Crippen LogP contribution in [0, 0.1) is 5.82 Å². The first-order valence-electron chi connectivity index (χ1n) is 13.9. The van der Waals surface area contributed by atoms with E-state index in [4.69, 9.17) is 11.6 Å². The van der Waals surface area contributed by atoms with Gasteiger partial charge in [-0.25, -0.2) is 12.8 Å². The van der Waals surface area contributed by atoms with Crippen LogP contribution in [-0.2, 0) is 38.8 Å². The highest BCUT2D eigenvalue weighted by Gasteiger charge is 2.37. The summed E-state index contributed by atoms with van der Waals surface area (Å²) in [4.78, 5) is 29.1. The molecule has 13 heteroatoms. The van der Waals surface area contributed by atoms with Crippen LogP contribution in [0.25, 0.3) is 0 Å². The van der Waals surface area contributed by atoms with E-state index < -0.39 is 62.7 Å². The van der Waals surface area contributed by atoms with Crippen molar-refractivity contribution in [2.75, 3.05) is 17.1 Å². The van der Waals surface area contributed by atoms with Crippen LogP contribution in [0.5, 0.6) is 0 Å². The Morgan fingerprint density at radius 3 is 2.20 bits per heavy atom. The van der Waals surface area contributed by atoms with Crippen molar-refractivity contribution in [1.82, 2.24) is 10.2 Å². The highest BCUT2D eigenvalue weighted by molar-refractivity contribution is 7.92. The van der Waals surface area contributed by atoms with Crippen molar-refractivity contribution < 1.29 is 35.6 Å². The molecule has 3 aromatic rings. The fourth-order valence-corrected chi connectivity index (χ4v) is 6.27. The molecule has 0 saturated heterocycles. The predicted octanol–water partition coefficient (Wildman–Crippen LogP) is 5.96. The van der Waals surface area contributed by atoms with Gasteiger partial charge in [-0.05, 0) is 54.3 Å². The molecular formula is C31H32ClF4N3O4S. The number of nitrogens with one attached hydrogen (secondary N) is 1. The zero-order chi connectivity index (χ0) is 32.1. The first-order valence-corrected chi connectivity index (χ1v) is 16.2. The fourth-order valence-electron chi connectivity index (χ4n) is 5.21. The second-order valence-electron chi connectivity index (χ2n) is 10.8. The quantitative estimate of drug-likeness (QED) is 0.259. The van der Waals surface area contributed by atoms with Crippen molar-refractivity contribution in [1.29, 1.82) is 0 Å². The lowest BCUT2D eigenvalue weighted by molar-refractivity contribution is -0.140. The number of sulfonamides is 1. The van der Waals surface area contributed by atoms with Crippen molar-refractivity contribution in [2.45, 2.75) is 56.9 Å². The third-order valence-electron chi connectivity index (χ3n) is 7.46. The molecule has 0 radical (unpaired) electrons. The summed E-state index contributed by atoms with van der Waals surface area (Å²) in [6.45, 7) is -1.10. The lowest BCUT2D eigenvalue weighted by Gasteiger charge is -2.34. The molecule has 1 fully saturated rings. The maximum Gasteiger partial charge on any atom is 0.417 e. The number of hydrogen-bond donors (Lipinski definition) is 1. The van der Waals surface area contributed by atoms with E-state index in [1.54, 1.807) is 30.3 Å². The normalized spacial score (nSPS) is 14.7. The number of halogens is 5. The van der Waals surface area contributed by atoms with Gasteiger partial charge in [-0.3, -0.25) is 13.9 Å². The first-order chi connectivity index (χ1) is 20.7. The van der Waals surface area contributed by atoms with Gasteiger partial charge in [0, 0.05) is 19.0 Å². The average Bonchev–Trinajstić information content (AvgIpc) is 3.47. The van der Waals surface area contributed by atoms with Crippen LogP contribution < -0.4 is 9.62 Å². The maximum absolute atomic E-state index is 14.1. The number of nitrogens with zero attached hydrogens (tertiary/aromatic N) is 2. The second kappa shape index (κ2) is 14.0. The Morgan fingerprint density at radius 2 is 1.61 bits per heavy atom. The molecule has 0 heterocycles. The van der Waals surface area contributed by atoms with Gasteiger partial charge in [0.1, 0.15) is 18.4 Å². The number of rotatable bonds is 11. The fraction of sp³-hybridized carbons (Fsp3) is 0.355. The zero-order valence-electron chi connectivity index (χ0n) is 23.9. The summed E-state index contributed by atoms with van der Waals surface area (Å²) in [7, 11) is -4.30. The smallest absolute Gasteiger partial charge is 0.352 e. The van der Waals surface area contributed by atoms with Crippen LogP contribution in [0.3, 0.4) is 0 Å². The number of amides is 2. The van der Waals surface area contributed by atoms with Gasteiger partial charge in [0.25, 0.3) is 0 Å². The van der Waals surface area contributed by atoms with Crippen LogP contribution in [0.1, 0.15) is 42.4 Å². The van der Waals surface area contributed by atoms with Gasteiger partial charge < -0.3 is 10.2 Å². The summed E-state index contributed by atoms with van der Waals surface area (Å²) in [5, 5.41) is 2.38. The Kier molecular flexibility index (Phi) is 10.6.